The smallest absolute Gasteiger partial charge is 0.243 e. The average molecular weight is 474 g/mol. The summed E-state index contributed by atoms with van der Waals surface area (Å²) in [7, 11) is -3.67. The standard InChI is InChI=1S/C20H22Cl2FN3O3S/c21-15-2-7-18(22)19(14-15)24-20(27)8-11-25-9-1-10-26(13-12-25)30(28,29)17-5-3-16(23)4-6-17/h2-7,14H,1,8-13H2,(H,24,27). The van der Waals surface area contributed by atoms with Crippen LogP contribution in [0.4, 0.5) is 10.1 Å². The number of carbonyl (C=O) groups is 1. The van der Waals surface area contributed by atoms with Crippen LogP contribution < -0.4 is 5.32 Å². The molecule has 162 valence electrons. The molecule has 3 rings (SSSR count). The van der Waals surface area contributed by atoms with Gasteiger partial charge in [0.15, 0.2) is 0 Å². The zero-order valence-corrected chi connectivity index (χ0v) is 18.5. The van der Waals surface area contributed by atoms with Gasteiger partial charge in [-0.2, -0.15) is 4.31 Å². The molecule has 0 aliphatic carbocycles. The highest BCUT2D eigenvalue weighted by molar-refractivity contribution is 7.89. The molecule has 0 radical (unpaired) electrons. The zero-order chi connectivity index (χ0) is 21.7. The van der Waals surface area contributed by atoms with Gasteiger partial charge in [0.05, 0.1) is 15.6 Å². The second-order valence-corrected chi connectivity index (χ2v) is 9.76. The highest BCUT2D eigenvalue weighted by Gasteiger charge is 2.27. The molecule has 10 heteroatoms. The minimum Gasteiger partial charge on any atom is -0.325 e. The van der Waals surface area contributed by atoms with Crippen molar-refractivity contribution in [1.29, 1.82) is 0 Å². The lowest BCUT2D eigenvalue weighted by Gasteiger charge is -2.21. The number of nitrogens with one attached hydrogen (secondary N) is 1. The van der Waals surface area contributed by atoms with E-state index in [1.807, 2.05) is 0 Å². The van der Waals surface area contributed by atoms with E-state index in [1.165, 1.54) is 16.4 Å². The van der Waals surface area contributed by atoms with Crippen molar-refractivity contribution in [3.05, 3.63) is 58.3 Å². The van der Waals surface area contributed by atoms with Crippen molar-refractivity contribution >= 4 is 44.8 Å². The fourth-order valence-electron chi connectivity index (χ4n) is 3.23. The molecule has 1 fully saturated rings. The Bertz CT molecular complexity index is 1000. The molecule has 2 aromatic carbocycles. The number of carbonyl (C=O) groups excluding carboxylic acids is 1. The molecule has 1 aliphatic rings. The monoisotopic (exact) mass is 473 g/mol. The Labute approximate surface area is 185 Å². The van der Waals surface area contributed by atoms with Crippen molar-refractivity contribution in [2.75, 3.05) is 38.0 Å². The molecule has 30 heavy (non-hydrogen) atoms. The maximum atomic E-state index is 13.1. The summed E-state index contributed by atoms with van der Waals surface area (Å²) in [6.07, 6.45) is 0.885. The average Bonchev–Trinajstić information content (AvgIpc) is 2.96. The van der Waals surface area contributed by atoms with Crippen molar-refractivity contribution in [1.82, 2.24) is 9.21 Å². The summed E-state index contributed by atoms with van der Waals surface area (Å²) in [6, 6.07) is 9.68. The molecule has 0 atom stereocenters. The minimum atomic E-state index is -3.67. The van der Waals surface area contributed by atoms with Gasteiger partial charge in [-0.25, -0.2) is 12.8 Å². The summed E-state index contributed by atoms with van der Waals surface area (Å²) in [5, 5.41) is 3.63. The molecule has 0 aromatic heterocycles. The topological polar surface area (TPSA) is 69.7 Å². The first-order valence-electron chi connectivity index (χ1n) is 9.49. The maximum absolute atomic E-state index is 13.1. The number of amides is 1. The Balaban J connectivity index is 1.53. The minimum absolute atomic E-state index is 0.0788. The van der Waals surface area contributed by atoms with Crippen LogP contribution in [0.2, 0.25) is 10.0 Å². The molecule has 1 aliphatic heterocycles. The predicted octanol–water partition coefficient (Wildman–Crippen LogP) is 3.86. The summed E-state index contributed by atoms with van der Waals surface area (Å²) >= 11 is 12.0. The summed E-state index contributed by atoms with van der Waals surface area (Å²) in [5.74, 6) is -0.674. The van der Waals surface area contributed by atoms with Crippen LogP contribution in [0.3, 0.4) is 0 Å². The van der Waals surface area contributed by atoms with E-state index in [0.717, 1.165) is 12.1 Å². The number of nitrogens with zero attached hydrogens (tertiary/aromatic N) is 2. The summed E-state index contributed by atoms with van der Waals surface area (Å²) in [5.41, 5.74) is 0.460. The molecular formula is C20H22Cl2FN3O3S. The number of halogens is 3. The number of hydrogen-bond donors (Lipinski definition) is 1. The number of rotatable bonds is 6. The second kappa shape index (κ2) is 10.1. The van der Waals surface area contributed by atoms with Crippen molar-refractivity contribution in [2.45, 2.75) is 17.7 Å². The number of hydrogen-bond acceptors (Lipinski definition) is 4. The maximum Gasteiger partial charge on any atom is 0.243 e. The Morgan fingerprint density at radius 2 is 1.77 bits per heavy atom. The molecule has 1 heterocycles. The summed E-state index contributed by atoms with van der Waals surface area (Å²) in [4.78, 5) is 14.4. The highest BCUT2D eigenvalue weighted by atomic mass is 35.5. The van der Waals surface area contributed by atoms with E-state index in [9.17, 15) is 17.6 Å². The van der Waals surface area contributed by atoms with Crippen molar-refractivity contribution in [3.63, 3.8) is 0 Å². The zero-order valence-electron chi connectivity index (χ0n) is 16.2. The van der Waals surface area contributed by atoms with Gasteiger partial charge in [0, 0.05) is 37.6 Å². The van der Waals surface area contributed by atoms with Crippen molar-refractivity contribution in [2.24, 2.45) is 0 Å². The Morgan fingerprint density at radius 3 is 2.50 bits per heavy atom. The van der Waals surface area contributed by atoms with E-state index in [2.05, 4.69) is 10.2 Å². The van der Waals surface area contributed by atoms with E-state index in [-0.39, 0.29) is 17.2 Å². The third-order valence-electron chi connectivity index (χ3n) is 4.86. The van der Waals surface area contributed by atoms with Gasteiger partial charge in [-0.05, 0) is 55.4 Å². The van der Waals surface area contributed by atoms with Gasteiger partial charge < -0.3 is 10.2 Å². The quantitative estimate of drug-likeness (QED) is 0.691. The largest absolute Gasteiger partial charge is 0.325 e. The highest BCUT2D eigenvalue weighted by Crippen LogP contribution is 2.25. The van der Waals surface area contributed by atoms with Gasteiger partial charge in [-0.3, -0.25) is 4.79 Å². The molecule has 1 N–H and O–H groups in total. The van der Waals surface area contributed by atoms with Gasteiger partial charge >= 0.3 is 0 Å². The van der Waals surface area contributed by atoms with Crippen LogP contribution in [-0.4, -0.2) is 56.3 Å². The Kier molecular flexibility index (Phi) is 7.70. The first kappa shape index (κ1) is 23.0. The second-order valence-electron chi connectivity index (χ2n) is 6.98. The first-order valence-corrected chi connectivity index (χ1v) is 11.7. The van der Waals surface area contributed by atoms with E-state index < -0.39 is 15.8 Å². The number of anilines is 1. The van der Waals surface area contributed by atoms with Crippen LogP contribution in [0.15, 0.2) is 47.4 Å². The van der Waals surface area contributed by atoms with Crippen LogP contribution in [0.25, 0.3) is 0 Å². The van der Waals surface area contributed by atoms with Crippen LogP contribution in [-0.2, 0) is 14.8 Å². The predicted molar refractivity (Wildman–Crippen MR) is 116 cm³/mol. The Hall–Kier alpha value is -1.71. The third-order valence-corrected chi connectivity index (χ3v) is 7.33. The van der Waals surface area contributed by atoms with Crippen LogP contribution in [0.1, 0.15) is 12.8 Å². The lowest BCUT2D eigenvalue weighted by Crippen LogP contribution is -2.36. The van der Waals surface area contributed by atoms with Crippen molar-refractivity contribution < 1.29 is 17.6 Å². The van der Waals surface area contributed by atoms with Gasteiger partial charge in [0.25, 0.3) is 0 Å². The fraction of sp³-hybridized carbons (Fsp3) is 0.350. The molecular weight excluding hydrogens is 452 g/mol. The van der Waals surface area contributed by atoms with Gasteiger partial charge in [-0.15, -0.1) is 0 Å². The first-order chi connectivity index (χ1) is 14.3. The summed E-state index contributed by atoms with van der Waals surface area (Å²) < 4.78 is 40.1. The molecule has 0 unspecified atom stereocenters. The van der Waals surface area contributed by atoms with Gasteiger partial charge in [0.1, 0.15) is 5.82 Å². The molecule has 6 nitrogen and oxygen atoms in total. The Morgan fingerprint density at radius 1 is 1.03 bits per heavy atom. The summed E-state index contributed by atoms with van der Waals surface area (Å²) in [6.45, 7) is 2.36. The third kappa shape index (κ3) is 5.92. The molecule has 0 saturated carbocycles. The van der Waals surface area contributed by atoms with Gasteiger partial charge in [0.2, 0.25) is 15.9 Å². The van der Waals surface area contributed by atoms with Gasteiger partial charge in [-0.1, -0.05) is 23.2 Å². The van der Waals surface area contributed by atoms with Crippen LogP contribution in [0.5, 0.6) is 0 Å². The number of benzene rings is 2. The molecule has 1 amide bonds. The van der Waals surface area contributed by atoms with Crippen molar-refractivity contribution in [3.8, 4) is 0 Å². The SMILES string of the molecule is O=C(CCN1CCCN(S(=O)(=O)c2ccc(F)cc2)CC1)Nc1cc(Cl)ccc1Cl. The fourth-order valence-corrected chi connectivity index (χ4v) is 5.04. The van der Waals surface area contributed by atoms with E-state index >= 15 is 0 Å². The lowest BCUT2D eigenvalue weighted by atomic mass is 10.3. The molecule has 1 saturated heterocycles. The number of sulfonamides is 1. The van der Waals surface area contributed by atoms with E-state index in [4.69, 9.17) is 23.2 Å². The van der Waals surface area contributed by atoms with E-state index in [0.29, 0.717) is 54.9 Å². The van der Waals surface area contributed by atoms with Crippen LogP contribution in [0, 0.1) is 5.82 Å². The lowest BCUT2D eigenvalue weighted by molar-refractivity contribution is -0.116. The molecule has 0 spiro atoms. The normalized spacial score (nSPS) is 16.2. The van der Waals surface area contributed by atoms with E-state index in [1.54, 1.807) is 18.2 Å². The molecule has 2 aromatic rings. The van der Waals surface area contributed by atoms with Crippen LogP contribution >= 0.6 is 23.2 Å². The molecule has 0 bridgehead atoms.